The highest BCUT2D eigenvalue weighted by Crippen LogP contribution is 2.05. The minimum absolute atomic E-state index is 0.0941. The van der Waals surface area contributed by atoms with E-state index >= 15 is 0 Å². The Morgan fingerprint density at radius 2 is 2.14 bits per heavy atom. The molecule has 0 aromatic carbocycles. The van der Waals surface area contributed by atoms with Crippen LogP contribution in [0.5, 0.6) is 0 Å². The Morgan fingerprint density at radius 1 is 1.38 bits per heavy atom. The Kier molecular flexibility index (Phi) is 3.70. The standard InChI is InChI=1S/C15H18N4O2/c1-10-2-3-13-17-8-12(15(21)19(13)9-10)14(20)18-11-4-6-16-7-5-11/h2-3,8-9,11,16H,4-7H2,1H3,(H,18,20). The van der Waals surface area contributed by atoms with Crippen molar-refractivity contribution in [3.8, 4) is 0 Å². The molecule has 1 amide bonds. The third kappa shape index (κ3) is 2.80. The van der Waals surface area contributed by atoms with Crippen LogP contribution in [0.15, 0.2) is 29.3 Å². The maximum atomic E-state index is 12.4. The monoisotopic (exact) mass is 286 g/mol. The number of aromatic nitrogens is 2. The average molecular weight is 286 g/mol. The van der Waals surface area contributed by atoms with Crippen molar-refractivity contribution in [3.05, 3.63) is 46.0 Å². The molecular weight excluding hydrogens is 268 g/mol. The Hall–Kier alpha value is -2.21. The second-order valence-corrected chi connectivity index (χ2v) is 5.41. The van der Waals surface area contributed by atoms with E-state index in [2.05, 4.69) is 15.6 Å². The molecule has 0 atom stereocenters. The number of nitrogens with zero attached hydrogens (tertiary/aromatic N) is 2. The first-order valence-corrected chi connectivity index (χ1v) is 7.15. The highest BCUT2D eigenvalue weighted by Gasteiger charge is 2.19. The van der Waals surface area contributed by atoms with Crippen molar-refractivity contribution in [3.63, 3.8) is 0 Å². The van der Waals surface area contributed by atoms with Crippen LogP contribution in [0.1, 0.15) is 28.8 Å². The van der Waals surface area contributed by atoms with E-state index in [-0.39, 0.29) is 23.1 Å². The molecular formula is C15H18N4O2. The zero-order chi connectivity index (χ0) is 14.8. The molecule has 3 rings (SSSR count). The van der Waals surface area contributed by atoms with Crippen LogP contribution >= 0.6 is 0 Å². The molecule has 0 aliphatic carbocycles. The first-order valence-electron chi connectivity index (χ1n) is 7.15. The van der Waals surface area contributed by atoms with Gasteiger partial charge in [-0.3, -0.25) is 14.0 Å². The van der Waals surface area contributed by atoms with E-state index < -0.39 is 0 Å². The van der Waals surface area contributed by atoms with E-state index in [1.54, 1.807) is 12.3 Å². The second-order valence-electron chi connectivity index (χ2n) is 5.41. The molecule has 1 aliphatic rings. The summed E-state index contributed by atoms with van der Waals surface area (Å²) in [5, 5.41) is 6.16. The number of hydrogen-bond acceptors (Lipinski definition) is 4. The number of amides is 1. The first kappa shape index (κ1) is 13.8. The molecule has 1 saturated heterocycles. The largest absolute Gasteiger partial charge is 0.349 e. The summed E-state index contributed by atoms with van der Waals surface area (Å²) in [6.07, 6.45) is 4.83. The molecule has 1 aliphatic heterocycles. The molecule has 21 heavy (non-hydrogen) atoms. The number of nitrogens with one attached hydrogen (secondary N) is 2. The maximum Gasteiger partial charge on any atom is 0.270 e. The van der Waals surface area contributed by atoms with Gasteiger partial charge in [-0.2, -0.15) is 0 Å². The quantitative estimate of drug-likeness (QED) is 0.842. The SMILES string of the molecule is Cc1ccc2ncc(C(=O)NC3CCNCC3)c(=O)n2c1. The van der Waals surface area contributed by atoms with Gasteiger partial charge in [0.2, 0.25) is 0 Å². The summed E-state index contributed by atoms with van der Waals surface area (Å²) in [7, 11) is 0. The number of carbonyl (C=O) groups excluding carboxylic acids is 1. The Morgan fingerprint density at radius 3 is 2.90 bits per heavy atom. The molecule has 2 aromatic heterocycles. The molecule has 0 spiro atoms. The molecule has 0 radical (unpaired) electrons. The maximum absolute atomic E-state index is 12.4. The molecule has 6 nitrogen and oxygen atoms in total. The number of rotatable bonds is 2. The van der Waals surface area contributed by atoms with E-state index in [0.717, 1.165) is 31.5 Å². The molecule has 0 saturated carbocycles. The predicted molar refractivity (Wildman–Crippen MR) is 79.6 cm³/mol. The van der Waals surface area contributed by atoms with Gasteiger partial charge < -0.3 is 10.6 Å². The minimum Gasteiger partial charge on any atom is -0.349 e. The number of fused-ring (bicyclic) bond motifs is 1. The zero-order valence-corrected chi connectivity index (χ0v) is 11.9. The van der Waals surface area contributed by atoms with Crippen molar-refractivity contribution in [1.29, 1.82) is 0 Å². The van der Waals surface area contributed by atoms with Crippen molar-refractivity contribution in [2.75, 3.05) is 13.1 Å². The van der Waals surface area contributed by atoms with Gasteiger partial charge in [-0.1, -0.05) is 6.07 Å². The van der Waals surface area contributed by atoms with E-state index in [4.69, 9.17) is 0 Å². The summed E-state index contributed by atoms with van der Waals surface area (Å²) in [5.41, 5.74) is 1.26. The summed E-state index contributed by atoms with van der Waals surface area (Å²) in [6.45, 7) is 3.67. The second kappa shape index (κ2) is 5.65. The number of hydrogen-bond donors (Lipinski definition) is 2. The fourth-order valence-corrected chi connectivity index (χ4v) is 2.57. The van der Waals surface area contributed by atoms with Crippen molar-refractivity contribution in [2.45, 2.75) is 25.8 Å². The molecule has 110 valence electrons. The van der Waals surface area contributed by atoms with Crippen LogP contribution in [0.25, 0.3) is 5.65 Å². The molecule has 3 heterocycles. The molecule has 6 heteroatoms. The Balaban J connectivity index is 1.90. The van der Waals surface area contributed by atoms with Crippen molar-refractivity contribution >= 4 is 11.6 Å². The normalized spacial score (nSPS) is 16.0. The van der Waals surface area contributed by atoms with Gasteiger partial charge in [-0.05, 0) is 44.5 Å². The zero-order valence-electron chi connectivity index (χ0n) is 11.9. The molecule has 1 fully saturated rings. The lowest BCUT2D eigenvalue weighted by atomic mass is 10.1. The lowest BCUT2D eigenvalue weighted by Crippen LogP contribution is -2.44. The van der Waals surface area contributed by atoms with Crippen molar-refractivity contribution < 1.29 is 4.79 Å². The van der Waals surface area contributed by atoms with E-state index in [1.807, 2.05) is 13.0 Å². The van der Waals surface area contributed by atoms with Crippen LogP contribution in [0.3, 0.4) is 0 Å². The summed E-state index contributed by atoms with van der Waals surface area (Å²) < 4.78 is 1.42. The van der Waals surface area contributed by atoms with Crippen LogP contribution in [0.4, 0.5) is 0 Å². The highest BCUT2D eigenvalue weighted by molar-refractivity contribution is 5.93. The number of pyridine rings is 1. The third-order valence-electron chi connectivity index (χ3n) is 3.77. The number of piperidine rings is 1. The van der Waals surface area contributed by atoms with Crippen LogP contribution in [-0.4, -0.2) is 34.4 Å². The number of aryl methyl sites for hydroxylation is 1. The third-order valence-corrected chi connectivity index (χ3v) is 3.77. The minimum atomic E-state index is -0.338. The highest BCUT2D eigenvalue weighted by atomic mass is 16.2. The van der Waals surface area contributed by atoms with Crippen LogP contribution in [0, 0.1) is 6.92 Å². The lowest BCUT2D eigenvalue weighted by molar-refractivity contribution is 0.0927. The van der Waals surface area contributed by atoms with Gasteiger partial charge in [-0.25, -0.2) is 4.98 Å². The summed E-state index contributed by atoms with van der Waals surface area (Å²) >= 11 is 0. The van der Waals surface area contributed by atoms with Gasteiger partial charge in [0.15, 0.2) is 0 Å². The van der Waals surface area contributed by atoms with Gasteiger partial charge >= 0.3 is 0 Å². The van der Waals surface area contributed by atoms with Gasteiger partial charge in [0.1, 0.15) is 11.2 Å². The summed E-state index contributed by atoms with van der Waals surface area (Å²) in [6, 6.07) is 3.78. The fraction of sp³-hybridized carbons (Fsp3) is 0.400. The molecule has 2 N–H and O–H groups in total. The number of carbonyl (C=O) groups is 1. The topological polar surface area (TPSA) is 75.5 Å². The lowest BCUT2D eigenvalue weighted by Gasteiger charge is -2.23. The Bertz CT molecular complexity index is 732. The van der Waals surface area contributed by atoms with Crippen molar-refractivity contribution in [1.82, 2.24) is 20.0 Å². The van der Waals surface area contributed by atoms with Crippen molar-refractivity contribution in [2.24, 2.45) is 0 Å². The van der Waals surface area contributed by atoms with E-state index in [0.29, 0.717) is 5.65 Å². The molecule has 0 bridgehead atoms. The molecule has 2 aromatic rings. The Labute approximate surface area is 122 Å². The predicted octanol–water partition coefficient (Wildman–Crippen LogP) is 0.485. The fourth-order valence-electron chi connectivity index (χ4n) is 2.57. The van der Waals surface area contributed by atoms with Gasteiger partial charge in [0.25, 0.3) is 11.5 Å². The van der Waals surface area contributed by atoms with Crippen LogP contribution < -0.4 is 16.2 Å². The average Bonchev–Trinajstić information content (AvgIpc) is 2.49. The van der Waals surface area contributed by atoms with Gasteiger partial charge in [-0.15, -0.1) is 0 Å². The smallest absolute Gasteiger partial charge is 0.270 e. The van der Waals surface area contributed by atoms with Crippen LogP contribution in [0.2, 0.25) is 0 Å². The van der Waals surface area contributed by atoms with E-state index in [9.17, 15) is 9.59 Å². The van der Waals surface area contributed by atoms with Gasteiger partial charge in [0.05, 0.1) is 0 Å². The van der Waals surface area contributed by atoms with E-state index in [1.165, 1.54) is 10.6 Å². The summed E-state index contributed by atoms with van der Waals surface area (Å²) in [5.74, 6) is -0.338. The van der Waals surface area contributed by atoms with Crippen LogP contribution in [-0.2, 0) is 0 Å². The molecule has 0 unspecified atom stereocenters. The summed E-state index contributed by atoms with van der Waals surface area (Å²) in [4.78, 5) is 28.9. The first-order chi connectivity index (χ1) is 10.1. The van der Waals surface area contributed by atoms with Gasteiger partial charge in [0, 0.05) is 18.4 Å².